The number of carbonyl (C=O) groups is 4. The topological polar surface area (TPSA) is 109 Å². The summed E-state index contributed by atoms with van der Waals surface area (Å²) in [6.45, 7) is 0. The van der Waals surface area contributed by atoms with E-state index in [4.69, 9.17) is 5.11 Å². The van der Waals surface area contributed by atoms with Crippen molar-refractivity contribution >= 4 is 34.3 Å². The van der Waals surface area contributed by atoms with Crippen LogP contribution in [0.3, 0.4) is 0 Å². The second-order valence-electron chi connectivity index (χ2n) is 5.10. The molecule has 0 saturated carbocycles. The summed E-state index contributed by atoms with van der Waals surface area (Å²) in [7, 11) is 0. The van der Waals surface area contributed by atoms with Crippen molar-refractivity contribution in [1.29, 1.82) is 0 Å². The Morgan fingerprint density at radius 3 is 1.95 bits per heavy atom. The van der Waals surface area contributed by atoms with Crippen LogP contribution in [0.5, 0.6) is 0 Å². The van der Waals surface area contributed by atoms with E-state index in [-0.39, 0.29) is 11.1 Å². The van der Waals surface area contributed by atoms with E-state index in [0.717, 1.165) is 0 Å². The van der Waals surface area contributed by atoms with Crippen LogP contribution < -0.4 is 0 Å². The van der Waals surface area contributed by atoms with Crippen LogP contribution in [-0.2, 0) is 14.4 Å². The number of Topliss-reactive ketones (excluding diaryl/α,β-unsaturated/α-hetero) is 2. The van der Waals surface area contributed by atoms with Gasteiger partial charge < -0.3 is 10.2 Å². The van der Waals surface area contributed by atoms with Crippen molar-refractivity contribution in [3.8, 4) is 0 Å². The fourth-order valence-electron chi connectivity index (χ4n) is 2.80. The molecule has 0 spiro atoms. The molecule has 110 valence electrons. The number of hydrogen-bond donors (Lipinski definition) is 2. The number of fused-ring (bicyclic) bond motifs is 2. The molecule has 0 saturated heterocycles. The summed E-state index contributed by atoms with van der Waals surface area (Å²) in [5.41, 5.74) is 0.0387. The fourth-order valence-corrected chi connectivity index (χ4v) is 2.80. The molecule has 6 nitrogen and oxygen atoms in total. The van der Waals surface area contributed by atoms with Gasteiger partial charge in [0.15, 0.2) is 17.5 Å². The predicted octanol–water partition coefficient (Wildman–Crippen LogP) is 1.47. The third kappa shape index (κ3) is 1.88. The molecule has 2 unspecified atom stereocenters. The highest BCUT2D eigenvalue weighted by Gasteiger charge is 2.48. The molecular weight excluding hydrogens is 288 g/mol. The highest BCUT2D eigenvalue weighted by Crippen LogP contribution is 2.35. The third-order valence-corrected chi connectivity index (χ3v) is 3.82. The van der Waals surface area contributed by atoms with Gasteiger partial charge in [-0.1, -0.05) is 24.3 Å². The standard InChI is InChI=1S/C16H10O6/c17-13-10-6-8-4-2-1-3-7(8)5-9(10)11(15(19)20)14(18)12(13)16(21)22/h1-6,11-12H,(H,19,20)(H,21,22). The van der Waals surface area contributed by atoms with Crippen LogP contribution in [-0.4, -0.2) is 33.7 Å². The third-order valence-electron chi connectivity index (χ3n) is 3.82. The summed E-state index contributed by atoms with van der Waals surface area (Å²) >= 11 is 0. The van der Waals surface area contributed by atoms with E-state index in [2.05, 4.69) is 0 Å². The first-order chi connectivity index (χ1) is 10.4. The average molecular weight is 298 g/mol. The van der Waals surface area contributed by atoms with Crippen molar-refractivity contribution in [3.63, 3.8) is 0 Å². The Kier molecular flexibility index (Phi) is 3.02. The lowest BCUT2D eigenvalue weighted by Crippen LogP contribution is -2.42. The number of hydrogen-bond acceptors (Lipinski definition) is 4. The Bertz CT molecular complexity index is 851. The van der Waals surface area contributed by atoms with Crippen LogP contribution in [0.2, 0.25) is 0 Å². The van der Waals surface area contributed by atoms with Crippen LogP contribution in [0.15, 0.2) is 36.4 Å². The number of carboxylic acid groups (broad SMARTS) is 2. The molecule has 0 aliphatic heterocycles. The number of carbonyl (C=O) groups excluding carboxylic acids is 2. The second-order valence-corrected chi connectivity index (χ2v) is 5.10. The molecular formula is C16H10O6. The van der Waals surface area contributed by atoms with Gasteiger partial charge in [0.25, 0.3) is 0 Å². The summed E-state index contributed by atoms with van der Waals surface area (Å²) in [6, 6.07) is 9.87. The van der Waals surface area contributed by atoms with Crippen molar-refractivity contribution in [3.05, 3.63) is 47.5 Å². The Morgan fingerprint density at radius 1 is 0.864 bits per heavy atom. The molecule has 6 heteroatoms. The van der Waals surface area contributed by atoms with Gasteiger partial charge in [0.1, 0.15) is 5.92 Å². The molecule has 0 bridgehead atoms. The maximum Gasteiger partial charge on any atom is 0.322 e. The van der Waals surface area contributed by atoms with E-state index in [0.29, 0.717) is 10.8 Å². The molecule has 22 heavy (non-hydrogen) atoms. The first-order valence-electron chi connectivity index (χ1n) is 6.48. The molecule has 0 fully saturated rings. The monoisotopic (exact) mass is 298 g/mol. The fraction of sp³-hybridized carbons (Fsp3) is 0.125. The molecule has 3 rings (SSSR count). The van der Waals surface area contributed by atoms with Crippen molar-refractivity contribution in [2.75, 3.05) is 0 Å². The highest BCUT2D eigenvalue weighted by molar-refractivity contribution is 6.30. The summed E-state index contributed by atoms with van der Waals surface area (Å²) in [5.74, 6) is -8.66. The van der Waals surface area contributed by atoms with Crippen LogP contribution in [0.4, 0.5) is 0 Å². The van der Waals surface area contributed by atoms with Gasteiger partial charge >= 0.3 is 11.9 Å². The molecule has 1 aliphatic carbocycles. The van der Waals surface area contributed by atoms with Crippen LogP contribution >= 0.6 is 0 Å². The Labute approximate surface area is 124 Å². The molecule has 2 N–H and O–H groups in total. The van der Waals surface area contributed by atoms with Crippen molar-refractivity contribution < 1.29 is 29.4 Å². The van der Waals surface area contributed by atoms with Crippen molar-refractivity contribution in [2.24, 2.45) is 5.92 Å². The lowest BCUT2D eigenvalue weighted by Gasteiger charge is -2.25. The van der Waals surface area contributed by atoms with Gasteiger partial charge in [-0.25, -0.2) is 0 Å². The predicted molar refractivity (Wildman–Crippen MR) is 74.8 cm³/mol. The number of benzene rings is 2. The van der Waals surface area contributed by atoms with Crippen molar-refractivity contribution in [1.82, 2.24) is 0 Å². The molecule has 2 atom stereocenters. The quantitative estimate of drug-likeness (QED) is 0.813. The zero-order valence-electron chi connectivity index (χ0n) is 11.1. The number of aliphatic carboxylic acids is 2. The van der Waals surface area contributed by atoms with Gasteiger partial charge in [-0.2, -0.15) is 0 Å². The Morgan fingerprint density at radius 2 is 1.41 bits per heavy atom. The van der Waals surface area contributed by atoms with Gasteiger partial charge in [-0.3, -0.25) is 19.2 Å². The minimum atomic E-state index is -1.96. The van der Waals surface area contributed by atoms with E-state index in [1.165, 1.54) is 12.1 Å². The first-order valence-corrected chi connectivity index (χ1v) is 6.48. The minimum absolute atomic E-state index is 0.0156. The highest BCUT2D eigenvalue weighted by atomic mass is 16.4. The molecule has 1 aliphatic rings. The average Bonchev–Trinajstić information content (AvgIpc) is 2.45. The minimum Gasteiger partial charge on any atom is -0.480 e. The van der Waals surface area contributed by atoms with Gasteiger partial charge in [0, 0.05) is 5.56 Å². The number of carboxylic acids is 2. The van der Waals surface area contributed by atoms with Gasteiger partial charge in [0.05, 0.1) is 0 Å². The second kappa shape index (κ2) is 4.77. The van der Waals surface area contributed by atoms with E-state index in [1.54, 1.807) is 24.3 Å². The summed E-state index contributed by atoms with van der Waals surface area (Å²) in [5, 5.41) is 19.7. The largest absolute Gasteiger partial charge is 0.480 e. The van der Waals surface area contributed by atoms with E-state index >= 15 is 0 Å². The van der Waals surface area contributed by atoms with Gasteiger partial charge in [-0.05, 0) is 28.5 Å². The molecule has 0 aromatic heterocycles. The normalized spacial score (nSPS) is 20.7. The first kappa shape index (κ1) is 13.9. The molecule has 2 aromatic carbocycles. The molecule has 2 aromatic rings. The maximum atomic E-state index is 12.3. The smallest absolute Gasteiger partial charge is 0.322 e. The van der Waals surface area contributed by atoms with Gasteiger partial charge in [-0.15, -0.1) is 0 Å². The Hall–Kier alpha value is -3.02. The summed E-state index contributed by atoms with van der Waals surface area (Å²) in [4.78, 5) is 47.0. The molecule has 0 radical (unpaired) electrons. The van der Waals surface area contributed by atoms with Crippen LogP contribution in [0, 0.1) is 5.92 Å². The van der Waals surface area contributed by atoms with E-state index in [9.17, 15) is 24.3 Å². The Balaban J connectivity index is 2.33. The zero-order valence-corrected chi connectivity index (χ0v) is 11.1. The summed E-state index contributed by atoms with van der Waals surface area (Å²) in [6.07, 6.45) is 0. The zero-order chi connectivity index (χ0) is 16.0. The van der Waals surface area contributed by atoms with E-state index in [1.807, 2.05) is 0 Å². The van der Waals surface area contributed by atoms with Crippen LogP contribution in [0.1, 0.15) is 21.8 Å². The molecule has 0 amide bonds. The van der Waals surface area contributed by atoms with Crippen molar-refractivity contribution in [2.45, 2.75) is 5.92 Å². The maximum absolute atomic E-state index is 12.3. The summed E-state index contributed by atoms with van der Waals surface area (Å²) < 4.78 is 0. The number of ketones is 2. The SMILES string of the molecule is O=C(O)C1C(=O)c2cc3ccccc3cc2C(C(=O)O)C1=O. The lowest BCUT2D eigenvalue weighted by molar-refractivity contribution is -0.148. The number of rotatable bonds is 2. The van der Waals surface area contributed by atoms with Crippen LogP contribution in [0.25, 0.3) is 10.8 Å². The van der Waals surface area contributed by atoms with Gasteiger partial charge in [0.2, 0.25) is 0 Å². The molecule has 0 heterocycles. The van der Waals surface area contributed by atoms with E-state index < -0.39 is 35.3 Å². The lowest BCUT2D eigenvalue weighted by atomic mass is 9.74.